The Hall–Kier alpha value is -4.00. The number of fused-ring (bicyclic) bond motifs is 1. The van der Waals surface area contributed by atoms with Gasteiger partial charge in [0.15, 0.2) is 5.65 Å². The third-order valence-electron chi connectivity index (χ3n) is 4.64. The molecule has 0 saturated carbocycles. The Bertz CT molecular complexity index is 1280. The van der Waals surface area contributed by atoms with Crippen LogP contribution in [0.1, 0.15) is 11.5 Å². The molecule has 6 nitrogen and oxygen atoms in total. The molecule has 0 spiro atoms. The highest BCUT2D eigenvalue weighted by Gasteiger charge is 2.19. The van der Waals surface area contributed by atoms with Crippen molar-refractivity contribution in [3.8, 4) is 28.4 Å². The maximum Gasteiger partial charge on any atom is 0.219 e. The summed E-state index contributed by atoms with van der Waals surface area (Å²) in [6.07, 6.45) is 5.05. The second-order valence-corrected chi connectivity index (χ2v) is 6.54. The van der Waals surface area contributed by atoms with E-state index in [0.717, 1.165) is 5.56 Å². The minimum Gasteiger partial charge on any atom is -0.493 e. The zero-order valence-electron chi connectivity index (χ0n) is 15.2. The normalized spacial score (nSPS) is 11.2. The summed E-state index contributed by atoms with van der Waals surface area (Å²) in [6, 6.07) is 16.1. The van der Waals surface area contributed by atoms with E-state index in [1.165, 1.54) is 12.3 Å². The van der Waals surface area contributed by atoms with E-state index in [4.69, 9.17) is 9.40 Å². The van der Waals surface area contributed by atoms with Gasteiger partial charge in [0.05, 0.1) is 18.4 Å². The average molecular weight is 386 g/mol. The summed E-state index contributed by atoms with van der Waals surface area (Å²) in [5.74, 6) is 0.117. The van der Waals surface area contributed by atoms with Gasteiger partial charge in [-0.05, 0) is 24.3 Å². The van der Waals surface area contributed by atoms with Crippen LogP contribution in [0.4, 0.5) is 4.39 Å². The first-order chi connectivity index (χ1) is 14.2. The molecule has 7 heteroatoms. The Morgan fingerprint density at radius 3 is 2.55 bits per heavy atom. The third-order valence-corrected chi connectivity index (χ3v) is 4.64. The highest BCUT2D eigenvalue weighted by molar-refractivity contribution is 5.77. The predicted molar refractivity (Wildman–Crippen MR) is 105 cm³/mol. The van der Waals surface area contributed by atoms with Crippen LogP contribution in [-0.2, 0) is 6.42 Å². The molecule has 4 aromatic heterocycles. The SMILES string of the molecule is Oc1c(Cc2ccco2)nc2c(-c3ccc(F)nc3)nc(-c3ccccc3)cn12. The van der Waals surface area contributed by atoms with Crippen molar-refractivity contribution in [3.63, 3.8) is 0 Å². The molecule has 0 unspecified atom stereocenters. The summed E-state index contributed by atoms with van der Waals surface area (Å²) in [7, 11) is 0. The lowest BCUT2D eigenvalue weighted by Crippen LogP contribution is -1.97. The monoisotopic (exact) mass is 386 g/mol. The maximum absolute atomic E-state index is 13.3. The van der Waals surface area contributed by atoms with Crippen molar-refractivity contribution in [2.24, 2.45) is 0 Å². The van der Waals surface area contributed by atoms with Gasteiger partial charge in [0.2, 0.25) is 11.8 Å². The number of halogens is 1. The Morgan fingerprint density at radius 1 is 0.966 bits per heavy atom. The van der Waals surface area contributed by atoms with Crippen LogP contribution in [0.15, 0.2) is 77.7 Å². The molecular weight excluding hydrogens is 371 g/mol. The fourth-order valence-corrected chi connectivity index (χ4v) is 3.24. The van der Waals surface area contributed by atoms with E-state index < -0.39 is 5.95 Å². The summed E-state index contributed by atoms with van der Waals surface area (Å²) in [4.78, 5) is 13.1. The molecule has 0 bridgehead atoms. The molecule has 29 heavy (non-hydrogen) atoms. The molecule has 4 heterocycles. The zero-order chi connectivity index (χ0) is 19.8. The van der Waals surface area contributed by atoms with Crippen LogP contribution < -0.4 is 0 Å². The summed E-state index contributed by atoms with van der Waals surface area (Å²) in [5, 5.41) is 10.8. The van der Waals surface area contributed by atoms with E-state index in [2.05, 4.69) is 9.97 Å². The first-order valence-electron chi connectivity index (χ1n) is 9.00. The number of aromatic hydroxyl groups is 1. The van der Waals surface area contributed by atoms with Crippen molar-refractivity contribution >= 4 is 5.65 Å². The van der Waals surface area contributed by atoms with Crippen LogP contribution in [-0.4, -0.2) is 24.5 Å². The number of aromatic nitrogens is 4. The van der Waals surface area contributed by atoms with Gasteiger partial charge in [-0.25, -0.2) is 15.0 Å². The number of benzene rings is 1. The smallest absolute Gasteiger partial charge is 0.219 e. The number of pyridine rings is 1. The summed E-state index contributed by atoms with van der Waals surface area (Å²) >= 11 is 0. The predicted octanol–water partition coefficient (Wildman–Crippen LogP) is 4.49. The second-order valence-electron chi connectivity index (χ2n) is 6.54. The topological polar surface area (TPSA) is 76.5 Å². The minimum atomic E-state index is -0.575. The number of hydrogen-bond donors (Lipinski definition) is 1. The van der Waals surface area contributed by atoms with Gasteiger partial charge < -0.3 is 9.52 Å². The van der Waals surface area contributed by atoms with E-state index in [1.54, 1.807) is 29.0 Å². The molecular formula is C22H15FN4O2. The Kier molecular flexibility index (Phi) is 4.05. The first kappa shape index (κ1) is 17.1. The Morgan fingerprint density at radius 2 is 1.83 bits per heavy atom. The van der Waals surface area contributed by atoms with Crippen molar-refractivity contribution in [1.82, 2.24) is 19.4 Å². The Balaban J connectivity index is 1.74. The van der Waals surface area contributed by atoms with E-state index in [0.29, 0.717) is 40.5 Å². The van der Waals surface area contributed by atoms with Gasteiger partial charge in [-0.3, -0.25) is 4.40 Å². The van der Waals surface area contributed by atoms with Gasteiger partial charge in [0, 0.05) is 23.5 Å². The van der Waals surface area contributed by atoms with E-state index in [9.17, 15) is 9.50 Å². The van der Waals surface area contributed by atoms with Gasteiger partial charge in [0.25, 0.3) is 0 Å². The number of nitrogens with zero attached hydrogens (tertiary/aromatic N) is 4. The van der Waals surface area contributed by atoms with Crippen LogP contribution in [0.5, 0.6) is 5.88 Å². The van der Waals surface area contributed by atoms with Crippen molar-refractivity contribution in [2.45, 2.75) is 6.42 Å². The summed E-state index contributed by atoms with van der Waals surface area (Å²) < 4.78 is 20.3. The molecule has 0 fully saturated rings. The molecule has 5 rings (SSSR count). The van der Waals surface area contributed by atoms with Crippen molar-refractivity contribution < 1.29 is 13.9 Å². The lowest BCUT2D eigenvalue weighted by molar-refractivity contribution is 0.438. The number of rotatable bonds is 4. The fraction of sp³-hybridized carbons (Fsp3) is 0.0455. The number of furan rings is 1. The molecule has 0 saturated heterocycles. The largest absolute Gasteiger partial charge is 0.493 e. The van der Waals surface area contributed by atoms with Crippen LogP contribution in [0.2, 0.25) is 0 Å². The molecule has 0 aliphatic carbocycles. The lowest BCUT2D eigenvalue weighted by atomic mass is 10.1. The molecule has 0 amide bonds. The minimum absolute atomic E-state index is 0.00676. The molecule has 1 aromatic carbocycles. The highest BCUT2D eigenvalue weighted by atomic mass is 19.1. The van der Waals surface area contributed by atoms with E-state index >= 15 is 0 Å². The lowest BCUT2D eigenvalue weighted by Gasteiger charge is -2.08. The van der Waals surface area contributed by atoms with Crippen molar-refractivity contribution in [2.75, 3.05) is 0 Å². The van der Waals surface area contributed by atoms with Gasteiger partial charge in [-0.1, -0.05) is 30.3 Å². The zero-order valence-corrected chi connectivity index (χ0v) is 15.2. The maximum atomic E-state index is 13.3. The molecule has 0 aliphatic rings. The van der Waals surface area contributed by atoms with Gasteiger partial charge in [-0.15, -0.1) is 0 Å². The third kappa shape index (κ3) is 3.12. The Labute approximate surface area is 164 Å². The molecule has 5 aromatic rings. The van der Waals surface area contributed by atoms with Crippen LogP contribution in [0, 0.1) is 5.95 Å². The van der Waals surface area contributed by atoms with Gasteiger partial charge in [-0.2, -0.15) is 4.39 Å². The summed E-state index contributed by atoms with van der Waals surface area (Å²) in [5.41, 5.74) is 3.55. The molecule has 1 N–H and O–H groups in total. The van der Waals surface area contributed by atoms with Crippen LogP contribution >= 0.6 is 0 Å². The quantitative estimate of drug-likeness (QED) is 0.461. The molecule has 0 radical (unpaired) electrons. The summed E-state index contributed by atoms with van der Waals surface area (Å²) in [6.45, 7) is 0. The molecule has 0 atom stereocenters. The van der Waals surface area contributed by atoms with Gasteiger partial charge >= 0.3 is 0 Å². The first-order valence-corrected chi connectivity index (χ1v) is 9.00. The number of hydrogen-bond acceptors (Lipinski definition) is 5. The van der Waals surface area contributed by atoms with Crippen LogP contribution in [0.25, 0.3) is 28.2 Å². The fourth-order valence-electron chi connectivity index (χ4n) is 3.24. The van der Waals surface area contributed by atoms with Crippen molar-refractivity contribution in [1.29, 1.82) is 0 Å². The van der Waals surface area contributed by atoms with E-state index in [1.807, 2.05) is 36.4 Å². The van der Waals surface area contributed by atoms with Crippen LogP contribution in [0.3, 0.4) is 0 Å². The average Bonchev–Trinajstić information content (AvgIpc) is 3.37. The molecule has 0 aliphatic heterocycles. The number of imidazole rings is 1. The van der Waals surface area contributed by atoms with E-state index in [-0.39, 0.29) is 5.88 Å². The standard InChI is InChI=1S/C22H15FN4O2/c23-19-9-8-15(12-24-19)20-21-26-17(11-16-7-4-10-29-16)22(28)27(21)13-18(25-20)14-5-2-1-3-6-14/h1-10,12-13,28H,11H2. The van der Waals surface area contributed by atoms with Gasteiger partial charge in [0.1, 0.15) is 17.1 Å². The second kappa shape index (κ2) is 6.87. The highest BCUT2D eigenvalue weighted by Crippen LogP contribution is 2.31. The molecule has 142 valence electrons. The van der Waals surface area contributed by atoms with Crippen molar-refractivity contribution in [3.05, 3.63) is 90.7 Å².